The maximum Gasteiger partial charge on any atom is 0.325 e. The Labute approximate surface area is 154 Å². The van der Waals surface area contributed by atoms with Crippen LogP contribution in [0.2, 0.25) is 0 Å². The first-order chi connectivity index (χ1) is 12.6. The van der Waals surface area contributed by atoms with Crippen LogP contribution in [0.4, 0.5) is 5.82 Å². The summed E-state index contributed by atoms with van der Waals surface area (Å²) in [6.07, 6.45) is 1.77. The van der Waals surface area contributed by atoms with Gasteiger partial charge in [-0.1, -0.05) is 24.3 Å². The standard InChI is InChI=1S/C20H25N3O3/c1-15(2)26-17-8-4-3-7-16(17)19(20(24)25)23-13-11-22(12-14-23)18-9-5-6-10-21-18/h3-10,15,19H,11-14H2,1-2H3,(H,24,25). The van der Waals surface area contributed by atoms with E-state index >= 15 is 0 Å². The molecule has 0 amide bonds. The molecule has 0 radical (unpaired) electrons. The molecule has 1 fully saturated rings. The summed E-state index contributed by atoms with van der Waals surface area (Å²) in [6.45, 7) is 6.69. The minimum atomic E-state index is -0.851. The minimum absolute atomic E-state index is 0.00778. The molecule has 26 heavy (non-hydrogen) atoms. The maximum absolute atomic E-state index is 12.1. The minimum Gasteiger partial charge on any atom is -0.491 e. The average molecular weight is 355 g/mol. The molecule has 6 nitrogen and oxygen atoms in total. The Hall–Kier alpha value is -2.60. The highest BCUT2D eigenvalue weighted by atomic mass is 16.5. The van der Waals surface area contributed by atoms with E-state index in [1.807, 2.05) is 61.2 Å². The fraction of sp³-hybridized carbons (Fsp3) is 0.400. The molecule has 0 aliphatic carbocycles. The van der Waals surface area contributed by atoms with Crippen LogP contribution >= 0.6 is 0 Å². The van der Waals surface area contributed by atoms with Crippen molar-refractivity contribution in [2.24, 2.45) is 0 Å². The van der Waals surface area contributed by atoms with Gasteiger partial charge in [-0.15, -0.1) is 0 Å². The summed E-state index contributed by atoms with van der Waals surface area (Å²) in [5.74, 6) is 0.723. The number of carboxylic acids is 1. The molecule has 0 bridgehead atoms. The molecule has 2 aromatic rings. The van der Waals surface area contributed by atoms with Gasteiger partial charge in [-0.05, 0) is 32.0 Å². The summed E-state index contributed by atoms with van der Waals surface area (Å²) in [7, 11) is 0. The number of aliphatic carboxylic acids is 1. The van der Waals surface area contributed by atoms with Crippen molar-refractivity contribution in [3.05, 3.63) is 54.2 Å². The molecular formula is C20H25N3O3. The van der Waals surface area contributed by atoms with Crippen LogP contribution in [0.3, 0.4) is 0 Å². The van der Waals surface area contributed by atoms with Gasteiger partial charge >= 0.3 is 5.97 Å². The molecule has 1 atom stereocenters. The molecule has 3 rings (SSSR count). The Balaban J connectivity index is 1.77. The molecule has 138 valence electrons. The van der Waals surface area contributed by atoms with Crippen molar-refractivity contribution < 1.29 is 14.6 Å². The molecule has 2 heterocycles. The summed E-state index contributed by atoms with van der Waals surface area (Å²) >= 11 is 0. The van der Waals surface area contributed by atoms with Crippen molar-refractivity contribution in [1.29, 1.82) is 0 Å². The quantitative estimate of drug-likeness (QED) is 0.860. The second-order valence-electron chi connectivity index (χ2n) is 6.66. The molecule has 0 saturated carbocycles. The number of para-hydroxylation sites is 1. The van der Waals surface area contributed by atoms with E-state index < -0.39 is 12.0 Å². The molecule has 1 aromatic heterocycles. The van der Waals surface area contributed by atoms with Crippen molar-refractivity contribution in [1.82, 2.24) is 9.88 Å². The van der Waals surface area contributed by atoms with Gasteiger partial charge < -0.3 is 14.7 Å². The first kappa shape index (κ1) is 18.2. The van der Waals surface area contributed by atoms with Crippen LogP contribution in [0.1, 0.15) is 25.5 Å². The van der Waals surface area contributed by atoms with Crippen molar-refractivity contribution >= 4 is 11.8 Å². The van der Waals surface area contributed by atoms with Crippen LogP contribution in [0, 0.1) is 0 Å². The summed E-state index contributed by atoms with van der Waals surface area (Å²) in [5, 5.41) is 9.90. The fourth-order valence-corrected chi connectivity index (χ4v) is 3.30. The van der Waals surface area contributed by atoms with Crippen LogP contribution < -0.4 is 9.64 Å². The number of hydrogen-bond donors (Lipinski definition) is 1. The number of ether oxygens (including phenoxy) is 1. The second-order valence-corrected chi connectivity index (χ2v) is 6.66. The predicted molar refractivity (Wildman–Crippen MR) is 101 cm³/mol. The highest BCUT2D eigenvalue weighted by molar-refractivity contribution is 5.76. The number of rotatable bonds is 6. The van der Waals surface area contributed by atoms with E-state index in [2.05, 4.69) is 9.88 Å². The topological polar surface area (TPSA) is 65.9 Å². The number of anilines is 1. The smallest absolute Gasteiger partial charge is 0.325 e. The van der Waals surface area contributed by atoms with E-state index in [1.54, 1.807) is 6.20 Å². The van der Waals surface area contributed by atoms with E-state index in [9.17, 15) is 9.90 Å². The monoisotopic (exact) mass is 355 g/mol. The van der Waals surface area contributed by atoms with E-state index in [1.165, 1.54) is 0 Å². The number of pyridine rings is 1. The molecule has 1 aliphatic rings. The first-order valence-electron chi connectivity index (χ1n) is 8.94. The number of carbonyl (C=O) groups is 1. The van der Waals surface area contributed by atoms with E-state index in [-0.39, 0.29) is 6.10 Å². The summed E-state index contributed by atoms with van der Waals surface area (Å²) in [5.41, 5.74) is 0.708. The normalized spacial score (nSPS) is 16.5. The van der Waals surface area contributed by atoms with Gasteiger partial charge in [0.1, 0.15) is 17.6 Å². The number of benzene rings is 1. The molecule has 0 spiro atoms. The van der Waals surface area contributed by atoms with Crippen LogP contribution in [-0.2, 0) is 4.79 Å². The third-order valence-electron chi connectivity index (χ3n) is 4.46. The van der Waals surface area contributed by atoms with Gasteiger partial charge in [-0.25, -0.2) is 4.98 Å². The lowest BCUT2D eigenvalue weighted by molar-refractivity contribution is -0.143. The zero-order valence-corrected chi connectivity index (χ0v) is 15.2. The van der Waals surface area contributed by atoms with Gasteiger partial charge in [0, 0.05) is 37.9 Å². The van der Waals surface area contributed by atoms with Crippen LogP contribution in [-0.4, -0.2) is 53.2 Å². The molecule has 6 heteroatoms. The summed E-state index contributed by atoms with van der Waals surface area (Å²) < 4.78 is 5.85. The third-order valence-corrected chi connectivity index (χ3v) is 4.46. The Morgan fingerprint density at radius 3 is 2.38 bits per heavy atom. The summed E-state index contributed by atoms with van der Waals surface area (Å²) in [6, 6.07) is 12.6. The molecule has 1 saturated heterocycles. The molecule has 1 unspecified atom stereocenters. The highest BCUT2D eigenvalue weighted by Gasteiger charge is 2.32. The SMILES string of the molecule is CC(C)Oc1ccccc1C(C(=O)O)N1CCN(c2ccccn2)CC1. The Morgan fingerprint density at radius 2 is 1.77 bits per heavy atom. The lowest BCUT2D eigenvalue weighted by Gasteiger charge is -2.38. The lowest BCUT2D eigenvalue weighted by Crippen LogP contribution is -2.49. The lowest BCUT2D eigenvalue weighted by atomic mass is 10.0. The Kier molecular flexibility index (Phi) is 5.73. The first-order valence-corrected chi connectivity index (χ1v) is 8.94. The van der Waals surface area contributed by atoms with Crippen LogP contribution in [0.25, 0.3) is 0 Å². The second kappa shape index (κ2) is 8.19. The van der Waals surface area contributed by atoms with E-state index in [0.717, 1.165) is 18.9 Å². The summed E-state index contributed by atoms with van der Waals surface area (Å²) in [4.78, 5) is 20.6. The number of carboxylic acid groups (broad SMARTS) is 1. The van der Waals surface area contributed by atoms with E-state index in [0.29, 0.717) is 24.4 Å². The molecular weight excluding hydrogens is 330 g/mol. The predicted octanol–water partition coefficient (Wildman–Crippen LogP) is 2.82. The van der Waals surface area contributed by atoms with Gasteiger partial charge in [-0.2, -0.15) is 0 Å². The number of nitrogens with zero attached hydrogens (tertiary/aromatic N) is 3. The largest absolute Gasteiger partial charge is 0.491 e. The zero-order valence-electron chi connectivity index (χ0n) is 15.2. The zero-order chi connectivity index (χ0) is 18.5. The molecule has 1 aliphatic heterocycles. The van der Waals surface area contributed by atoms with E-state index in [4.69, 9.17) is 4.74 Å². The average Bonchev–Trinajstić information content (AvgIpc) is 2.64. The van der Waals surface area contributed by atoms with Crippen molar-refractivity contribution in [2.45, 2.75) is 26.0 Å². The number of hydrogen-bond acceptors (Lipinski definition) is 5. The van der Waals surface area contributed by atoms with Gasteiger partial charge in [0.2, 0.25) is 0 Å². The van der Waals surface area contributed by atoms with Crippen molar-refractivity contribution in [3.63, 3.8) is 0 Å². The number of aromatic nitrogens is 1. The van der Waals surface area contributed by atoms with Gasteiger partial charge in [0.25, 0.3) is 0 Å². The maximum atomic E-state index is 12.1. The van der Waals surface area contributed by atoms with Crippen molar-refractivity contribution in [3.8, 4) is 5.75 Å². The van der Waals surface area contributed by atoms with Gasteiger partial charge in [-0.3, -0.25) is 9.69 Å². The van der Waals surface area contributed by atoms with Crippen molar-refractivity contribution in [2.75, 3.05) is 31.1 Å². The molecule has 1 N–H and O–H groups in total. The highest BCUT2D eigenvalue weighted by Crippen LogP contribution is 2.31. The van der Waals surface area contributed by atoms with Crippen LogP contribution in [0.15, 0.2) is 48.7 Å². The Morgan fingerprint density at radius 1 is 1.08 bits per heavy atom. The van der Waals surface area contributed by atoms with Gasteiger partial charge in [0.15, 0.2) is 0 Å². The van der Waals surface area contributed by atoms with Gasteiger partial charge in [0.05, 0.1) is 6.10 Å². The third kappa shape index (κ3) is 4.14. The molecule has 1 aromatic carbocycles. The van der Waals surface area contributed by atoms with Crippen LogP contribution in [0.5, 0.6) is 5.75 Å². The Bertz CT molecular complexity index is 728. The number of piperazine rings is 1. The fourth-order valence-electron chi connectivity index (χ4n) is 3.30.